The first kappa shape index (κ1) is 10.6. The molecule has 3 rings (SSSR count). The first-order valence-corrected chi connectivity index (χ1v) is 5.45. The molecule has 0 aliphatic heterocycles. The van der Waals surface area contributed by atoms with Crippen molar-refractivity contribution in [2.75, 3.05) is 12.8 Å². The second kappa shape index (κ2) is 3.76. The molecule has 0 amide bonds. The average molecular weight is 244 g/mol. The van der Waals surface area contributed by atoms with Gasteiger partial charge in [-0.2, -0.15) is 4.98 Å². The van der Waals surface area contributed by atoms with Gasteiger partial charge >= 0.3 is 0 Å². The monoisotopic (exact) mass is 244 g/mol. The minimum atomic E-state index is 0.448. The molecule has 0 spiro atoms. The molecule has 3 N–H and O–H groups in total. The van der Waals surface area contributed by atoms with Gasteiger partial charge in [0.25, 0.3) is 5.89 Å². The Morgan fingerprint density at radius 3 is 2.89 bits per heavy atom. The molecule has 0 saturated carbocycles. The molecule has 6 nitrogen and oxygen atoms in total. The summed E-state index contributed by atoms with van der Waals surface area (Å²) in [4.78, 5) is 7.37. The number of methoxy groups -OCH3 is 1. The van der Waals surface area contributed by atoms with Gasteiger partial charge in [-0.25, -0.2) is 0 Å². The maximum atomic E-state index is 5.86. The molecule has 0 atom stereocenters. The molecule has 0 saturated heterocycles. The van der Waals surface area contributed by atoms with Gasteiger partial charge in [-0.1, -0.05) is 5.16 Å². The van der Waals surface area contributed by atoms with Crippen molar-refractivity contribution < 1.29 is 9.26 Å². The first-order chi connectivity index (χ1) is 8.69. The summed E-state index contributed by atoms with van der Waals surface area (Å²) in [6, 6.07) is 5.57. The van der Waals surface area contributed by atoms with Gasteiger partial charge in [0.2, 0.25) is 0 Å². The molecule has 0 radical (unpaired) electrons. The standard InChI is InChI=1S/C12H12N4O2/c1-6-14-12(18-16-6)10-5-7-9(15-10)4-3-8(13)11(7)17-2/h3-5,15H,13H2,1-2H3. The second-order valence-corrected chi connectivity index (χ2v) is 3.98. The number of nitrogens with two attached hydrogens (primary N) is 1. The van der Waals surface area contributed by atoms with Crippen LogP contribution >= 0.6 is 0 Å². The molecule has 6 heteroatoms. The minimum absolute atomic E-state index is 0.448. The van der Waals surface area contributed by atoms with Crippen LogP contribution in [-0.4, -0.2) is 22.2 Å². The van der Waals surface area contributed by atoms with Crippen molar-refractivity contribution in [1.29, 1.82) is 0 Å². The van der Waals surface area contributed by atoms with Gasteiger partial charge in [0, 0.05) is 10.9 Å². The van der Waals surface area contributed by atoms with Crippen molar-refractivity contribution in [2.45, 2.75) is 6.92 Å². The summed E-state index contributed by atoms with van der Waals surface area (Å²) in [6.45, 7) is 1.77. The highest BCUT2D eigenvalue weighted by molar-refractivity contribution is 5.94. The van der Waals surface area contributed by atoms with Crippen LogP contribution in [0.1, 0.15) is 5.82 Å². The number of anilines is 1. The molecule has 3 aromatic rings. The SMILES string of the molecule is COc1c(N)ccc2[nH]c(-c3nc(C)no3)cc12. The van der Waals surface area contributed by atoms with Gasteiger partial charge in [-0.3, -0.25) is 0 Å². The van der Waals surface area contributed by atoms with Gasteiger partial charge in [0.1, 0.15) is 5.69 Å². The third-order valence-corrected chi connectivity index (χ3v) is 2.75. The van der Waals surface area contributed by atoms with Crippen LogP contribution in [-0.2, 0) is 0 Å². The maximum Gasteiger partial charge on any atom is 0.274 e. The lowest BCUT2D eigenvalue weighted by Crippen LogP contribution is -1.91. The molecule has 2 heterocycles. The number of fused-ring (bicyclic) bond motifs is 1. The Morgan fingerprint density at radius 2 is 2.22 bits per heavy atom. The van der Waals surface area contributed by atoms with Crippen LogP contribution in [0, 0.1) is 6.92 Å². The predicted molar refractivity (Wildman–Crippen MR) is 67.3 cm³/mol. The van der Waals surface area contributed by atoms with Gasteiger partial charge in [-0.15, -0.1) is 0 Å². The Labute approximate surface area is 103 Å². The molecule has 2 aromatic heterocycles. The number of hydrogen-bond donors (Lipinski definition) is 2. The van der Waals surface area contributed by atoms with E-state index in [0.717, 1.165) is 16.6 Å². The molecule has 1 aromatic carbocycles. The Bertz CT molecular complexity index is 714. The molecule has 0 fully saturated rings. The van der Waals surface area contributed by atoms with Crippen LogP contribution < -0.4 is 10.5 Å². The van der Waals surface area contributed by atoms with E-state index in [1.807, 2.05) is 12.1 Å². The number of nitrogens with one attached hydrogen (secondary N) is 1. The van der Waals surface area contributed by atoms with Gasteiger partial charge in [0.15, 0.2) is 11.6 Å². The third-order valence-electron chi connectivity index (χ3n) is 2.75. The fourth-order valence-corrected chi connectivity index (χ4v) is 1.94. The van der Waals surface area contributed by atoms with Crippen molar-refractivity contribution >= 4 is 16.6 Å². The number of nitrogen functional groups attached to an aromatic ring is 1. The van der Waals surface area contributed by atoms with E-state index in [-0.39, 0.29) is 0 Å². The highest BCUT2D eigenvalue weighted by atomic mass is 16.5. The number of rotatable bonds is 2. The van der Waals surface area contributed by atoms with Crippen LogP contribution in [0.4, 0.5) is 5.69 Å². The number of H-pyrrole nitrogens is 1. The topological polar surface area (TPSA) is 90.0 Å². The van der Waals surface area contributed by atoms with Crippen LogP contribution in [0.25, 0.3) is 22.5 Å². The summed E-state index contributed by atoms with van der Waals surface area (Å²) in [7, 11) is 1.59. The van der Waals surface area contributed by atoms with Crippen LogP contribution in [0.3, 0.4) is 0 Å². The average Bonchev–Trinajstić information content (AvgIpc) is 2.94. The summed E-state index contributed by atoms with van der Waals surface area (Å²) in [5.74, 6) is 1.69. The Kier molecular flexibility index (Phi) is 2.22. The summed E-state index contributed by atoms with van der Waals surface area (Å²) >= 11 is 0. The van der Waals surface area contributed by atoms with Gasteiger partial charge < -0.3 is 20.0 Å². The van der Waals surface area contributed by atoms with Crippen molar-refractivity contribution in [3.63, 3.8) is 0 Å². The number of aryl methyl sites for hydroxylation is 1. The fourth-order valence-electron chi connectivity index (χ4n) is 1.94. The highest BCUT2D eigenvalue weighted by Crippen LogP contribution is 2.34. The highest BCUT2D eigenvalue weighted by Gasteiger charge is 2.13. The number of ether oxygens (including phenoxy) is 1. The van der Waals surface area contributed by atoms with E-state index in [2.05, 4.69) is 15.1 Å². The second-order valence-electron chi connectivity index (χ2n) is 3.98. The number of nitrogens with zero attached hydrogens (tertiary/aromatic N) is 2. The lowest BCUT2D eigenvalue weighted by molar-refractivity contribution is 0.422. The van der Waals surface area contributed by atoms with Gasteiger partial charge in [-0.05, 0) is 25.1 Å². The first-order valence-electron chi connectivity index (χ1n) is 5.45. The van der Waals surface area contributed by atoms with E-state index >= 15 is 0 Å². The van der Waals surface area contributed by atoms with Crippen LogP contribution in [0.5, 0.6) is 5.75 Å². The third kappa shape index (κ3) is 1.50. The Morgan fingerprint density at radius 1 is 1.39 bits per heavy atom. The number of benzene rings is 1. The molecule has 0 bridgehead atoms. The molecule has 0 aliphatic rings. The van der Waals surface area contributed by atoms with Crippen molar-refractivity contribution in [1.82, 2.24) is 15.1 Å². The summed E-state index contributed by atoms with van der Waals surface area (Å²) in [6.07, 6.45) is 0. The fraction of sp³-hybridized carbons (Fsp3) is 0.167. The van der Waals surface area contributed by atoms with Crippen molar-refractivity contribution in [2.24, 2.45) is 0 Å². The number of hydrogen-bond acceptors (Lipinski definition) is 5. The van der Waals surface area contributed by atoms with Crippen LogP contribution in [0.2, 0.25) is 0 Å². The minimum Gasteiger partial charge on any atom is -0.494 e. The lowest BCUT2D eigenvalue weighted by atomic mass is 10.2. The normalized spacial score (nSPS) is 11.0. The molecule has 0 aliphatic carbocycles. The number of aromatic amines is 1. The zero-order valence-corrected chi connectivity index (χ0v) is 10.0. The quantitative estimate of drug-likeness (QED) is 0.674. The summed E-state index contributed by atoms with van der Waals surface area (Å²) < 4.78 is 10.4. The molecule has 18 heavy (non-hydrogen) atoms. The van der Waals surface area contributed by atoms with E-state index in [1.165, 1.54) is 0 Å². The smallest absolute Gasteiger partial charge is 0.274 e. The van der Waals surface area contributed by atoms with Crippen molar-refractivity contribution in [3.05, 3.63) is 24.0 Å². The molecule has 92 valence electrons. The van der Waals surface area contributed by atoms with E-state index in [0.29, 0.717) is 23.2 Å². The van der Waals surface area contributed by atoms with E-state index < -0.39 is 0 Å². The zero-order chi connectivity index (χ0) is 12.7. The molecule has 0 unspecified atom stereocenters. The van der Waals surface area contributed by atoms with Crippen LogP contribution in [0.15, 0.2) is 22.7 Å². The van der Waals surface area contributed by atoms with E-state index in [1.54, 1.807) is 20.1 Å². The lowest BCUT2D eigenvalue weighted by Gasteiger charge is -2.04. The Hall–Kier alpha value is -2.50. The summed E-state index contributed by atoms with van der Waals surface area (Å²) in [5.41, 5.74) is 8.11. The van der Waals surface area contributed by atoms with Gasteiger partial charge in [0.05, 0.1) is 12.8 Å². The number of aromatic nitrogens is 3. The zero-order valence-electron chi connectivity index (χ0n) is 10.0. The Balaban J connectivity index is 2.22. The molecular formula is C12H12N4O2. The maximum absolute atomic E-state index is 5.86. The predicted octanol–water partition coefficient (Wildman–Crippen LogP) is 2.12. The largest absolute Gasteiger partial charge is 0.494 e. The van der Waals surface area contributed by atoms with Crippen molar-refractivity contribution in [3.8, 4) is 17.3 Å². The van der Waals surface area contributed by atoms with E-state index in [4.69, 9.17) is 15.0 Å². The molecular weight excluding hydrogens is 232 g/mol. The van der Waals surface area contributed by atoms with E-state index in [9.17, 15) is 0 Å². The summed E-state index contributed by atoms with van der Waals surface area (Å²) in [5, 5.41) is 4.65.